The van der Waals surface area contributed by atoms with E-state index in [-0.39, 0.29) is 17.5 Å². The van der Waals surface area contributed by atoms with Crippen LogP contribution in [-0.2, 0) is 5.88 Å². The Balaban J connectivity index is 2.67. The number of halogens is 2. The molecule has 0 unspecified atom stereocenters. The molecule has 2 rings (SSSR count). The monoisotopic (exact) mass is 295 g/mol. The molecule has 0 spiro atoms. The van der Waals surface area contributed by atoms with E-state index < -0.39 is 0 Å². The zero-order valence-electron chi connectivity index (χ0n) is 10.9. The maximum absolute atomic E-state index is 12.4. The van der Waals surface area contributed by atoms with E-state index >= 15 is 0 Å². The van der Waals surface area contributed by atoms with Gasteiger partial charge >= 0.3 is 0 Å². The minimum atomic E-state index is -0.0301. The minimum Gasteiger partial charge on any atom is -0.306 e. The fourth-order valence-electron chi connectivity index (χ4n) is 2.07. The van der Waals surface area contributed by atoms with Crippen molar-refractivity contribution in [3.8, 4) is 11.3 Å². The molecule has 0 radical (unpaired) electrons. The maximum Gasteiger partial charge on any atom is 0.255 e. The van der Waals surface area contributed by atoms with Crippen LogP contribution in [0.25, 0.3) is 11.3 Å². The maximum atomic E-state index is 12.4. The molecule has 0 aliphatic rings. The molecule has 100 valence electrons. The number of rotatable bonds is 3. The summed E-state index contributed by atoms with van der Waals surface area (Å²) in [6.45, 7) is 3.97. The van der Waals surface area contributed by atoms with Crippen molar-refractivity contribution in [2.45, 2.75) is 25.8 Å². The summed E-state index contributed by atoms with van der Waals surface area (Å²) in [7, 11) is 0. The highest BCUT2D eigenvalue weighted by molar-refractivity contribution is 6.30. The third-order valence-corrected chi connectivity index (χ3v) is 3.54. The van der Waals surface area contributed by atoms with E-state index in [4.69, 9.17) is 23.2 Å². The zero-order chi connectivity index (χ0) is 14.0. The second-order valence-corrected chi connectivity index (χ2v) is 5.36. The van der Waals surface area contributed by atoms with Gasteiger partial charge in [-0.15, -0.1) is 11.6 Å². The van der Waals surface area contributed by atoms with Gasteiger partial charge in [0, 0.05) is 16.6 Å². The Hall–Kier alpha value is -1.25. The van der Waals surface area contributed by atoms with Gasteiger partial charge in [-0.2, -0.15) is 0 Å². The predicted octanol–water partition coefficient (Wildman–Crippen LogP) is 4.49. The molecular formula is C15H15Cl2NO. The number of benzene rings is 1. The third-order valence-electron chi connectivity index (χ3n) is 3.00. The first kappa shape index (κ1) is 14.2. The lowest BCUT2D eigenvalue weighted by molar-refractivity contribution is 0.582. The average Bonchev–Trinajstić information content (AvgIpc) is 2.38. The van der Waals surface area contributed by atoms with Crippen LogP contribution in [0.15, 0.2) is 41.2 Å². The quantitative estimate of drug-likeness (QED) is 0.765. The summed E-state index contributed by atoms with van der Waals surface area (Å²) in [6.07, 6.45) is 0. The van der Waals surface area contributed by atoms with Gasteiger partial charge in [-0.3, -0.25) is 4.79 Å². The molecule has 4 heteroatoms. The molecule has 0 aliphatic heterocycles. The SMILES string of the molecule is CC(C)n1c(-c2ccc(Cl)cc2)ccc(CCl)c1=O. The Kier molecular flexibility index (Phi) is 4.33. The van der Waals surface area contributed by atoms with Crippen LogP contribution in [0.3, 0.4) is 0 Å². The minimum absolute atomic E-state index is 0.0301. The van der Waals surface area contributed by atoms with Gasteiger partial charge in [-0.25, -0.2) is 0 Å². The lowest BCUT2D eigenvalue weighted by Crippen LogP contribution is -2.26. The molecule has 0 amide bonds. The molecule has 1 aromatic carbocycles. The van der Waals surface area contributed by atoms with Crippen LogP contribution in [-0.4, -0.2) is 4.57 Å². The Morgan fingerprint density at radius 1 is 1.11 bits per heavy atom. The van der Waals surface area contributed by atoms with Gasteiger partial charge in [0.2, 0.25) is 0 Å². The van der Waals surface area contributed by atoms with Gasteiger partial charge in [-0.1, -0.05) is 29.8 Å². The molecular weight excluding hydrogens is 281 g/mol. The van der Waals surface area contributed by atoms with Crippen LogP contribution in [0.1, 0.15) is 25.5 Å². The van der Waals surface area contributed by atoms with Crippen molar-refractivity contribution in [3.05, 3.63) is 57.3 Å². The standard InChI is InChI=1S/C15H15Cl2NO/c1-10(2)18-14(8-5-12(9-16)15(18)19)11-3-6-13(17)7-4-11/h3-8,10H,9H2,1-2H3. The lowest BCUT2D eigenvalue weighted by Gasteiger charge is -2.17. The number of nitrogens with zero attached hydrogens (tertiary/aromatic N) is 1. The largest absolute Gasteiger partial charge is 0.306 e. The summed E-state index contributed by atoms with van der Waals surface area (Å²) in [6, 6.07) is 11.3. The van der Waals surface area contributed by atoms with E-state index in [2.05, 4.69) is 0 Å². The second kappa shape index (κ2) is 5.81. The molecule has 0 saturated heterocycles. The summed E-state index contributed by atoms with van der Waals surface area (Å²) in [5.41, 5.74) is 2.44. The van der Waals surface area contributed by atoms with Gasteiger partial charge in [0.1, 0.15) is 0 Å². The first-order valence-corrected chi connectivity index (χ1v) is 7.02. The highest BCUT2D eigenvalue weighted by Crippen LogP contribution is 2.23. The van der Waals surface area contributed by atoms with Crippen molar-refractivity contribution in [3.63, 3.8) is 0 Å². The Morgan fingerprint density at radius 3 is 2.26 bits per heavy atom. The number of alkyl halides is 1. The van der Waals surface area contributed by atoms with E-state index in [0.29, 0.717) is 10.6 Å². The van der Waals surface area contributed by atoms with Crippen LogP contribution in [0.5, 0.6) is 0 Å². The number of hydrogen-bond acceptors (Lipinski definition) is 1. The van der Waals surface area contributed by atoms with Crippen molar-refractivity contribution in [1.82, 2.24) is 4.57 Å². The molecule has 0 bridgehead atoms. The summed E-state index contributed by atoms with van der Waals surface area (Å²) < 4.78 is 1.76. The highest BCUT2D eigenvalue weighted by Gasteiger charge is 2.12. The van der Waals surface area contributed by atoms with Crippen molar-refractivity contribution in [2.75, 3.05) is 0 Å². The molecule has 1 aromatic heterocycles. The smallest absolute Gasteiger partial charge is 0.255 e. The Bertz CT molecular complexity index is 630. The van der Waals surface area contributed by atoms with E-state index in [0.717, 1.165) is 11.3 Å². The van der Waals surface area contributed by atoms with Crippen molar-refractivity contribution in [2.24, 2.45) is 0 Å². The zero-order valence-corrected chi connectivity index (χ0v) is 12.4. The Labute approximate surface area is 122 Å². The third kappa shape index (κ3) is 2.85. The first-order valence-electron chi connectivity index (χ1n) is 6.11. The fourth-order valence-corrected chi connectivity index (χ4v) is 2.39. The summed E-state index contributed by atoms with van der Waals surface area (Å²) >= 11 is 11.7. The second-order valence-electron chi connectivity index (χ2n) is 4.65. The molecule has 0 fully saturated rings. The van der Waals surface area contributed by atoms with Gasteiger partial charge in [-0.05, 0) is 37.6 Å². The van der Waals surface area contributed by atoms with Crippen LogP contribution in [0.2, 0.25) is 5.02 Å². The van der Waals surface area contributed by atoms with Crippen LogP contribution >= 0.6 is 23.2 Å². The van der Waals surface area contributed by atoms with Crippen molar-refractivity contribution < 1.29 is 0 Å². The molecule has 2 nitrogen and oxygen atoms in total. The fraction of sp³-hybridized carbons (Fsp3) is 0.267. The van der Waals surface area contributed by atoms with E-state index in [1.54, 1.807) is 10.6 Å². The number of pyridine rings is 1. The van der Waals surface area contributed by atoms with Crippen LogP contribution in [0.4, 0.5) is 0 Å². The summed E-state index contributed by atoms with van der Waals surface area (Å²) in [5, 5.41) is 0.680. The molecule has 0 N–H and O–H groups in total. The van der Waals surface area contributed by atoms with Crippen LogP contribution < -0.4 is 5.56 Å². The topological polar surface area (TPSA) is 22.0 Å². The van der Waals surface area contributed by atoms with Crippen molar-refractivity contribution >= 4 is 23.2 Å². The number of aromatic nitrogens is 1. The van der Waals surface area contributed by atoms with Gasteiger partial charge in [0.25, 0.3) is 5.56 Å². The molecule has 19 heavy (non-hydrogen) atoms. The van der Waals surface area contributed by atoms with Gasteiger partial charge in [0.05, 0.1) is 11.6 Å². The van der Waals surface area contributed by atoms with E-state index in [9.17, 15) is 4.79 Å². The highest BCUT2D eigenvalue weighted by atomic mass is 35.5. The predicted molar refractivity (Wildman–Crippen MR) is 81.1 cm³/mol. The first-order chi connectivity index (χ1) is 9.04. The Morgan fingerprint density at radius 2 is 1.74 bits per heavy atom. The van der Waals surface area contributed by atoms with Crippen LogP contribution in [0, 0.1) is 0 Å². The number of hydrogen-bond donors (Lipinski definition) is 0. The average molecular weight is 296 g/mol. The molecule has 0 aliphatic carbocycles. The summed E-state index contributed by atoms with van der Waals surface area (Å²) in [4.78, 5) is 12.4. The van der Waals surface area contributed by atoms with E-state index in [1.807, 2.05) is 44.2 Å². The molecule has 2 aromatic rings. The van der Waals surface area contributed by atoms with Gasteiger partial charge < -0.3 is 4.57 Å². The summed E-state index contributed by atoms with van der Waals surface area (Å²) in [5.74, 6) is 0.229. The van der Waals surface area contributed by atoms with E-state index in [1.165, 1.54) is 0 Å². The van der Waals surface area contributed by atoms with Crippen molar-refractivity contribution in [1.29, 1.82) is 0 Å². The molecule has 0 atom stereocenters. The molecule has 1 heterocycles. The lowest BCUT2D eigenvalue weighted by atomic mass is 10.1. The molecule has 0 saturated carbocycles. The van der Waals surface area contributed by atoms with Gasteiger partial charge in [0.15, 0.2) is 0 Å². The normalized spacial score (nSPS) is 11.0.